The first kappa shape index (κ1) is 14.3. The van der Waals surface area contributed by atoms with Gasteiger partial charge in [0.25, 0.3) is 0 Å². The largest absolute Gasteiger partial charge is 0.497 e. The summed E-state index contributed by atoms with van der Waals surface area (Å²) in [6.07, 6.45) is 0. The molecule has 2 aromatic carbocycles. The molecule has 0 aliphatic rings. The van der Waals surface area contributed by atoms with Crippen LogP contribution in [0.1, 0.15) is 0 Å². The third-order valence-corrected chi connectivity index (χ3v) is 3.61. The Balaban J connectivity index is 2.22. The lowest BCUT2D eigenvalue weighted by atomic mass is 10.2. The lowest BCUT2D eigenvalue weighted by molar-refractivity contribution is 0.393. The number of methoxy groups -OCH3 is 2. The third-order valence-electron chi connectivity index (χ3n) is 3.33. The summed E-state index contributed by atoms with van der Waals surface area (Å²) in [6, 6.07) is 15.4. The standard InChI is InChI=1S/C16H15N3O2S/c1-20-12-8-9-13(14(10-12)21-2)19-15(17-18-16(19)22)11-6-4-3-5-7-11/h3-10H,1-2H3,(H,18,22). The van der Waals surface area contributed by atoms with Crippen molar-refractivity contribution in [2.75, 3.05) is 14.2 Å². The van der Waals surface area contributed by atoms with Crippen LogP contribution in [0.2, 0.25) is 0 Å². The van der Waals surface area contributed by atoms with E-state index < -0.39 is 0 Å². The number of H-pyrrole nitrogens is 1. The molecule has 0 fully saturated rings. The van der Waals surface area contributed by atoms with E-state index in [1.165, 1.54) is 0 Å². The van der Waals surface area contributed by atoms with Crippen molar-refractivity contribution in [3.63, 3.8) is 0 Å². The number of aromatic nitrogens is 3. The first-order valence-corrected chi connectivity index (χ1v) is 7.10. The van der Waals surface area contributed by atoms with Crippen molar-refractivity contribution >= 4 is 12.2 Å². The van der Waals surface area contributed by atoms with Crippen LogP contribution in [0.25, 0.3) is 17.1 Å². The number of ether oxygens (including phenoxy) is 2. The van der Waals surface area contributed by atoms with Crippen molar-refractivity contribution in [1.29, 1.82) is 0 Å². The maximum absolute atomic E-state index is 5.47. The highest BCUT2D eigenvalue weighted by molar-refractivity contribution is 7.71. The molecule has 5 nitrogen and oxygen atoms in total. The molecule has 0 unspecified atom stereocenters. The maximum Gasteiger partial charge on any atom is 0.200 e. The molecule has 1 aromatic heterocycles. The van der Waals surface area contributed by atoms with Gasteiger partial charge in [0, 0.05) is 11.6 Å². The Morgan fingerprint density at radius 2 is 1.82 bits per heavy atom. The van der Waals surface area contributed by atoms with Crippen molar-refractivity contribution in [3.05, 3.63) is 53.3 Å². The maximum atomic E-state index is 5.47. The van der Waals surface area contributed by atoms with Crippen LogP contribution in [-0.2, 0) is 0 Å². The van der Waals surface area contributed by atoms with Gasteiger partial charge < -0.3 is 9.47 Å². The summed E-state index contributed by atoms with van der Waals surface area (Å²) < 4.78 is 13.1. The van der Waals surface area contributed by atoms with Crippen LogP contribution in [0.4, 0.5) is 0 Å². The van der Waals surface area contributed by atoms with Gasteiger partial charge in [-0.15, -0.1) is 0 Å². The fraction of sp³-hybridized carbons (Fsp3) is 0.125. The van der Waals surface area contributed by atoms with E-state index in [-0.39, 0.29) is 0 Å². The Labute approximate surface area is 133 Å². The molecule has 0 atom stereocenters. The van der Waals surface area contributed by atoms with Gasteiger partial charge in [-0.3, -0.25) is 9.67 Å². The molecule has 22 heavy (non-hydrogen) atoms. The molecule has 0 aliphatic heterocycles. The zero-order valence-electron chi connectivity index (χ0n) is 12.2. The lowest BCUT2D eigenvalue weighted by Gasteiger charge is -2.12. The van der Waals surface area contributed by atoms with Crippen LogP contribution in [0.3, 0.4) is 0 Å². The summed E-state index contributed by atoms with van der Waals surface area (Å²) in [4.78, 5) is 0. The number of benzene rings is 2. The van der Waals surface area contributed by atoms with Crippen LogP contribution >= 0.6 is 12.2 Å². The fourth-order valence-electron chi connectivity index (χ4n) is 2.27. The third kappa shape index (κ3) is 2.48. The van der Waals surface area contributed by atoms with E-state index in [1.807, 2.05) is 53.1 Å². The quantitative estimate of drug-likeness (QED) is 0.748. The summed E-state index contributed by atoms with van der Waals surface area (Å²) in [5.74, 6) is 2.11. The van der Waals surface area contributed by atoms with Crippen molar-refractivity contribution in [3.8, 4) is 28.6 Å². The fourth-order valence-corrected chi connectivity index (χ4v) is 2.50. The Bertz CT molecular complexity index is 840. The zero-order chi connectivity index (χ0) is 15.5. The Kier molecular flexibility index (Phi) is 3.93. The highest BCUT2D eigenvalue weighted by atomic mass is 32.1. The molecule has 1 N–H and O–H groups in total. The van der Waals surface area contributed by atoms with E-state index in [0.717, 1.165) is 22.8 Å². The van der Waals surface area contributed by atoms with Crippen molar-refractivity contribution in [1.82, 2.24) is 14.8 Å². The first-order chi connectivity index (χ1) is 10.7. The normalized spacial score (nSPS) is 10.5. The molecule has 0 saturated heterocycles. The van der Waals surface area contributed by atoms with E-state index in [2.05, 4.69) is 10.2 Å². The van der Waals surface area contributed by atoms with E-state index in [0.29, 0.717) is 10.5 Å². The number of hydrogen-bond donors (Lipinski definition) is 1. The SMILES string of the molecule is COc1ccc(-n2c(-c3ccccc3)n[nH]c2=S)c(OC)c1. The average molecular weight is 313 g/mol. The summed E-state index contributed by atoms with van der Waals surface area (Å²) in [6.45, 7) is 0. The van der Waals surface area contributed by atoms with Gasteiger partial charge in [0.15, 0.2) is 10.6 Å². The van der Waals surface area contributed by atoms with Gasteiger partial charge in [-0.05, 0) is 24.4 Å². The highest BCUT2D eigenvalue weighted by Crippen LogP contribution is 2.31. The topological polar surface area (TPSA) is 52.1 Å². The Morgan fingerprint density at radius 3 is 2.50 bits per heavy atom. The first-order valence-electron chi connectivity index (χ1n) is 6.70. The van der Waals surface area contributed by atoms with Gasteiger partial charge >= 0.3 is 0 Å². The van der Waals surface area contributed by atoms with E-state index >= 15 is 0 Å². The molecule has 6 heteroatoms. The molecule has 0 aliphatic carbocycles. The summed E-state index contributed by atoms with van der Waals surface area (Å²) in [5, 5.41) is 7.18. The summed E-state index contributed by atoms with van der Waals surface area (Å²) >= 11 is 5.38. The van der Waals surface area contributed by atoms with Gasteiger partial charge in [0.1, 0.15) is 11.5 Å². The van der Waals surface area contributed by atoms with Crippen LogP contribution in [0, 0.1) is 4.77 Å². The van der Waals surface area contributed by atoms with E-state index in [9.17, 15) is 0 Å². The second kappa shape index (κ2) is 6.03. The minimum Gasteiger partial charge on any atom is -0.497 e. The second-order valence-electron chi connectivity index (χ2n) is 4.59. The highest BCUT2D eigenvalue weighted by Gasteiger charge is 2.14. The molecule has 3 rings (SSSR count). The number of nitrogens with zero attached hydrogens (tertiary/aromatic N) is 2. The molecule has 0 spiro atoms. The zero-order valence-corrected chi connectivity index (χ0v) is 13.1. The van der Waals surface area contributed by atoms with E-state index in [4.69, 9.17) is 21.7 Å². The minimum atomic E-state index is 0.502. The van der Waals surface area contributed by atoms with Gasteiger partial charge in [0.05, 0.1) is 19.9 Å². The monoisotopic (exact) mass is 313 g/mol. The molecule has 112 valence electrons. The molecular weight excluding hydrogens is 298 g/mol. The molecule has 0 bridgehead atoms. The Hall–Kier alpha value is -2.60. The lowest BCUT2D eigenvalue weighted by Crippen LogP contribution is -2.01. The molecule has 3 aromatic rings. The van der Waals surface area contributed by atoms with Crippen LogP contribution < -0.4 is 9.47 Å². The van der Waals surface area contributed by atoms with Crippen molar-refractivity contribution in [2.24, 2.45) is 0 Å². The van der Waals surface area contributed by atoms with Gasteiger partial charge in [-0.25, -0.2) is 0 Å². The predicted octanol–water partition coefficient (Wildman–Crippen LogP) is 3.61. The van der Waals surface area contributed by atoms with Crippen molar-refractivity contribution < 1.29 is 9.47 Å². The van der Waals surface area contributed by atoms with Crippen LogP contribution in [-0.4, -0.2) is 29.0 Å². The Morgan fingerprint density at radius 1 is 1.05 bits per heavy atom. The molecule has 0 saturated carbocycles. The summed E-state index contributed by atoms with van der Waals surface area (Å²) in [5.41, 5.74) is 1.77. The minimum absolute atomic E-state index is 0.502. The van der Waals surface area contributed by atoms with Gasteiger partial charge in [-0.2, -0.15) is 5.10 Å². The summed E-state index contributed by atoms with van der Waals surface area (Å²) in [7, 11) is 3.23. The predicted molar refractivity (Wildman–Crippen MR) is 87.3 cm³/mol. The smallest absolute Gasteiger partial charge is 0.200 e. The van der Waals surface area contributed by atoms with Gasteiger partial charge in [-0.1, -0.05) is 30.3 Å². The average Bonchev–Trinajstić information content (AvgIpc) is 2.96. The number of aromatic amines is 1. The molecule has 0 amide bonds. The number of rotatable bonds is 4. The van der Waals surface area contributed by atoms with E-state index in [1.54, 1.807) is 14.2 Å². The molecule has 1 heterocycles. The second-order valence-corrected chi connectivity index (χ2v) is 4.98. The van der Waals surface area contributed by atoms with Crippen LogP contribution in [0.5, 0.6) is 11.5 Å². The van der Waals surface area contributed by atoms with Gasteiger partial charge in [0.2, 0.25) is 0 Å². The molecular formula is C16H15N3O2S. The van der Waals surface area contributed by atoms with Crippen LogP contribution in [0.15, 0.2) is 48.5 Å². The number of hydrogen-bond acceptors (Lipinski definition) is 4. The molecule has 0 radical (unpaired) electrons. The number of nitrogens with one attached hydrogen (secondary N) is 1. The van der Waals surface area contributed by atoms with Crippen molar-refractivity contribution in [2.45, 2.75) is 0 Å².